The third kappa shape index (κ3) is 8.60. The van der Waals surface area contributed by atoms with E-state index in [0.29, 0.717) is 5.56 Å². The Balaban J connectivity index is 1.21. The molecule has 0 aliphatic heterocycles. The van der Waals surface area contributed by atoms with E-state index in [1.165, 1.54) is 104 Å². The van der Waals surface area contributed by atoms with Gasteiger partial charge in [0.05, 0.1) is 67.1 Å². The van der Waals surface area contributed by atoms with E-state index in [2.05, 4.69) is 307 Å². The molecule has 0 N–H and O–H groups in total. The van der Waals surface area contributed by atoms with Crippen molar-refractivity contribution in [3.63, 3.8) is 0 Å². The molecule has 0 aliphatic carbocycles. The lowest BCUT2D eigenvalue weighted by molar-refractivity contribution is 0.567. The number of nitriles is 1. The van der Waals surface area contributed by atoms with E-state index in [0.717, 1.165) is 39.1 Å². The summed E-state index contributed by atoms with van der Waals surface area (Å²) in [6.45, 7) is 41.8. The Hall–Kier alpha value is -8.33. The minimum atomic E-state index is -0.129. The van der Waals surface area contributed by atoms with Gasteiger partial charge in [-0.1, -0.05) is 197 Å². The molecule has 0 aliphatic rings. The molecule has 0 saturated heterocycles. The van der Waals surface area contributed by atoms with Crippen LogP contribution >= 0.6 is 0 Å². The van der Waals surface area contributed by atoms with E-state index < -0.39 is 0 Å². The van der Waals surface area contributed by atoms with Crippen molar-refractivity contribution < 1.29 is 0 Å². The van der Waals surface area contributed by atoms with Crippen LogP contribution in [0.25, 0.3) is 110 Å². The molecule has 0 bridgehead atoms. The Kier molecular flexibility index (Phi) is 12.0. The summed E-state index contributed by atoms with van der Waals surface area (Å²) in [6, 6.07) is 65.2. The topological polar surface area (TPSA) is 43.5 Å². The number of fused-ring (bicyclic) bond motifs is 14. The molecule has 0 spiro atoms. The smallest absolute Gasteiger partial charge is 0.0992 e. The Morgan fingerprint density at radius 3 is 1.05 bits per heavy atom. The third-order valence-electron chi connectivity index (χ3n) is 18.3. The van der Waals surface area contributed by atoms with E-state index in [1.54, 1.807) is 0 Å². The molecule has 0 radical (unpaired) electrons. The maximum atomic E-state index is 10.8. The van der Waals surface area contributed by atoms with Crippen LogP contribution in [0.4, 0.5) is 0 Å². The zero-order valence-electron chi connectivity index (χ0n) is 52.8. The minimum Gasteiger partial charge on any atom is -0.309 e. The van der Waals surface area contributed by atoms with Crippen LogP contribution in [0.5, 0.6) is 0 Å². The maximum absolute atomic E-state index is 10.8. The fourth-order valence-corrected chi connectivity index (χ4v) is 13.3. The summed E-state index contributed by atoms with van der Waals surface area (Å²) in [6.07, 6.45) is 0. The minimum absolute atomic E-state index is 0.0493. The van der Waals surface area contributed by atoms with Crippen LogP contribution in [0.3, 0.4) is 0 Å². The van der Waals surface area contributed by atoms with Gasteiger partial charge in [-0.15, -0.1) is 0 Å². The van der Waals surface area contributed by atoms with Gasteiger partial charge in [0.15, 0.2) is 0 Å². The monoisotopic (exact) mass is 1100 g/mol. The molecule has 5 nitrogen and oxygen atoms in total. The summed E-state index contributed by atoms with van der Waals surface area (Å²) in [4.78, 5) is 0. The van der Waals surface area contributed by atoms with Gasteiger partial charge in [0.25, 0.3) is 0 Å². The highest BCUT2D eigenvalue weighted by atomic mass is 15.1. The molecule has 0 saturated carbocycles. The number of para-hydroxylation sites is 2. The van der Waals surface area contributed by atoms with Crippen molar-refractivity contribution in [2.24, 2.45) is 0 Å². The Morgan fingerprint density at radius 1 is 0.274 bits per heavy atom. The van der Waals surface area contributed by atoms with Gasteiger partial charge in [-0.25, -0.2) is 0 Å². The first-order valence-electron chi connectivity index (χ1n) is 30.3. The number of hydrogen-bond donors (Lipinski definition) is 0. The molecule has 9 aromatic carbocycles. The summed E-state index contributed by atoms with van der Waals surface area (Å²) >= 11 is 0. The summed E-state index contributed by atoms with van der Waals surface area (Å²) in [5.41, 5.74) is 21.4. The lowest BCUT2D eigenvalue weighted by Crippen LogP contribution is -2.17. The molecule has 0 unspecified atom stereocenters. The fraction of sp³-hybridized carbons (Fsp3) is 0.304. The molecule has 13 aromatic rings. The summed E-state index contributed by atoms with van der Waals surface area (Å²) in [7, 11) is 0. The van der Waals surface area contributed by atoms with E-state index in [-0.39, 0.29) is 32.5 Å². The van der Waals surface area contributed by atoms with Gasteiger partial charge < -0.3 is 18.3 Å². The lowest BCUT2D eigenvalue weighted by Gasteiger charge is -2.27. The van der Waals surface area contributed by atoms with Gasteiger partial charge >= 0.3 is 0 Å². The second-order valence-corrected chi connectivity index (χ2v) is 30.4. The predicted molar refractivity (Wildman–Crippen MR) is 361 cm³/mol. The van der Waals surface area contributed by atoms with Crippen LogP contribution in [0.2, 0.25) is 0 Å². The standard InChI is InChI=1S/C79H81N5/c1-74(2,3)48-28-33-64-60(44-48)61-45-49(75(4,5)6)29-34-65(61)83(64)69-37-47(46-80)27-32-66(69)84-63-26-22-20-24-59(63)71-68(84)36-31-57-56-30-35-67-70(72(56)82(73(57)71)55-42-52(78(13,14)15)39-53(43-55)79(16,17)18)58-23-19-21-25-62(58)81(67)54-40-50(76(7,8)9)38-51(41-54)77(10,11)12/h19-45H,1-18H3. The number of nitrogens with zero attached hydrogens (tertiary/aromatic N) is 5. The third-order valence-corrected chi connectivity index (χ3v) is 18.3. The Labute approximate surface area is 496 Å². The van der Waals surface area contributed by atoms with E-state index >= 15 is 0 Å². The number of hydrogen-bond acceptors (Lipinski definition) is 1. The van der Waals surface area contributed by atoms with Gasteiger partial charge in [-0.05, 0) is 157 Å². The van der Waals surface area contributed by atoms with Crippen LogP contribution in [0.15, 0.2) is 164 Å². The van der Waals surface area contributed by atoms with Crippen molar-refractivity contribution in [1.29, 1.82) is 5.26 Å². The highest BCUT2D eigenvalue weighted by Crippen LogP contribution is 2.49. The second-order valence-electron chi connectivity index (χ2n) is 30.4. The highest BCUT2D eigenvalue weighted by molar-refractivity contribution is 6.31. The van der Waals surface area contributed by atoms with E-state index in [4.69, 9.17) is 0 Å². The summed E-state index contributed by atoms with van der Waals surface area (Å²) in [5.74, 6) is 0. The van der Waals surface area contributed by atoms with E-state index in [1.807, 2.05) is 6.07 Å². The van der Waals surface area contributed by atoms with Crippen molar-refractivity contribution in [2.45, 2.75) is 157 Å². The van der Waals surface area contributed by atoms with E-state index in [9.17, 15) is 5.26 Å². The lowest BCUT2D eigenvalue weighted by atomic mass is 9.80. The SMILES string of the molecule is CC(C)(C)c1cc(-n2c3ccccc3c3c2ccc2c4ccc5c(c6ccccc6n5-c5ccc(C#N)cc5-n5c6ccc(C(C)(C)C)cc6c6cc(C(C)(C)C)ccc65)c4n(-c4cc(C(C)(C)C)cc(C(C)(C)C)c4)c23)cc(C(C)(C)C)c1. The van der Waals surface area contributed by atoms with Crippen LogP contribution in [0, 0.1) is 11.3 Å². The van der Waals surface area contributed by atoms with Crippen molar-refractivity contribution in [2.75, 3.05) is 0 Å². The molecule has 5 heteroatoms. The molecule has 0 atom stereocenters. The van der Waals surface area contributed by atoms with Crippen LogP contribution in [-0.2, 0) is 32.5 Å². The normalized spacial score (nSPS) is 13.3. The zero-order chi connectivity index (χ0) is 59.7. The summed E-state index contributed by atoms with van der Waals surface area (Å²) in [5, 5.41) is 20.4. The van der Waals surface area contributed by atoms with Gasteiger partial charge in [-0.3, -0.25) is 0 Å². The molecule has 0 fully saturated rings. The molecule has 84 heavy (non-hydrogen) atoms. The van der Waals surface area contributed by atoms with Crippen molar-refractivity contribution >= 4 is 87.2 Å². The van der Waals surface area contributed by atoms with Gasteiger partial charge in [-0.2, -0.15) is 5.26 Å². The molecule has 0 amide bonds. The second kappa shape index (κ2) is 18.3. The van der Waals surface area contributed by atoms with Crippen LogP contribution in [-0.4, -0.2) is 18.3 Å². The van der Waals surface area contributed by atoms with Crippen LogP contribution in [0.1, 0.15) is 164 Å². The first-order chi connectivity index (χ1) is 39.4. The largest absolute Gasteiger partial charge is 0.309 e. The first kappa shape index (κ1) is 54.9. The molecule has 4 heterocycles. The van der Waals surface area contributed by atoms with Crippen LogP contribution < -0.4 is 0 Å². The Morgan fingerprint density at radius 2 is 0.631 bits per heavy atom. The number of rotatable bonds is 4. The molecule has 4 aromatic heterocycles. The van der Waals surface area contributed by atoms with Crippen molar-refractivity contribution in [1.82, 2.24) is 18.3 Å². The average molecular weight is 1100 g/mol. The van der Waals surface area contributed by atoms with Gasteiger partial charge in [0.2, 0.25) is 0 Å². The first-order valence-corrected chi connectivity index (χ1v) is 30.3. The Bertz CT molecular complexity index is 4810. The van der Waals surface area contributed by atoms with Crippen molar-refractivity contribution in [3.05, 3.63) is 203 Å². The fourth-order valence-electron chi connectivity index (χ4n) is 13.3. The maximum Gasteiger partial charge on any atom is 0.0992 e. The molecule has 13 rings (SSSR count). The number of aromatic nitrogens is 4. The average Bonchev–Trinajstić information content (AvgIpc) is 1.55. The highest BCUT2D eigenvalue weighted by Gasteiger charge is 2.30. The van der Waals surface area contributed by atoms with Gasteiger partial charge in [0.1, 0.15) is 0 Å². The number of benzene rings is 9. The molecule has 422 valence electrons. The quantitative estimate of drug-likeness (QED) is 0.173. The van der Waals surface area contributed by atoms with Crippen molar-refractivity contribution in [3.8, 4) is 28.8 Å². The summed E-state index contributed by atoms with van der Waals surface area (Å²) < 4.78 is 10.1. The predicted octanol–water partition coefficient (Wildman–Crippen LogP) is 21.7. The molecular formula is C79H81N5. The zero-order valence-corrected chi connectivity index (χ0v) is 52.8. The van der Waals surface area contributed by atoms with Gasteiger partial charge in [0, 0.05) is 54.5 Å². The molecular weight excluding hydrogens is 1020 g/mol.